The molecule has 0 saturated heterocycles. The smallest absolute Gasteiger partial charge is 0.146 e. The van der Waals surface area contributed by atoms with Gasteiger partial charge >= 0.3 is 0 Å². The number of rotatable bonds is 5. The van der Waals surface area contributed by atoms with Crippen LogP contribution in [0, 0.1) is 5.82 Å². The van der Waals surface area contributed by atoms with Crippen molar-refractivity contribution in [3.63, 3.8) is 0 Å². The van der Waals surface area contributed by atoms with Crippen LogP contribution in [0.3, 0.4) is 0 Å². The Bertz CT molecular complexity index is 605. The molecule has 1 aromatic heterocycles. The molecule has 0 bridgehead atoms. The second-order valence-electron chi connectivity index (χ2n) is 5.83. The van der Waals surface area contributed by atoms with Crippen LogP contribution in [-0.2, 0) is 13.2 Å². The van der Waals surface area contributed by atoms with Crippen molar-refractivity contribution in [2.24, 2.45) is 0 Å². The molecule has 5 heteroatoms. The standard InChI is InChI=1S/C16H19BrFNO2/c1-16(2,3)19-9-12-5-6-13(21-12)10-20-15-8-11(18)4-7-14(15)17/h4-8,19H,9-10H2,1-3H3. The van der Waals surface area contributed by atoms with Gasteiger partial charge in [-0.05, 0) is 61.0 Å². The molecule has 0 atom stereocenters. The van der Waals surface area contributed by atoms with Crippen molar-refractivity contribution in [3.05, 3.63) is 52.1 Å². The van der Waals surface area contributed by atoms with Gasteiger partial charge in [-0.2, -0.15) is 0 Å². The van der Waals surface area contributed by atoms with E-state index < -0.39 is 0 Å². The topological polar surface area (TPSA) is 34.4 Å². The fourth-order valence-corrected chi connectivity index (χ4v) is 2.04. The molecule has 0 amide bonds. The Hall–Kier alpha value is -1.33. The monoisotopic (exact) mass is 355 g/mol. The molecule has 1 heterocycles. The van der Waals surface area contributed by atoms with Crippen LogP contribution < -0.4 is 10.1 Å². The van der Waals surface area contributed by atoms with E-state index in [0.717, 1.165) is 5.76 Å². The second-order valence-corrected chi connectivity index (χ2v) is 6.69. The van der Waals surface area contributed by atoms with Gasteiger partial charge in [-0.15, -0.1) is 0 Å². The van der Waals surface area contributed by atoms with Crippen molar-refractivity contribution >= 4 is 15.9 Å². The van der Waals surface area contributed by atoms with Crippen LogP contribution in [0.4, 0.5) is 4.39 Å². The minimum Gasteiger partial charge on any atom is -0.484 e. The van der Waals surface area contributed by atoms with Crippen molar-refractivity contribution in [1.29, 1.82) is 0 Å². The van der Waals surface area contributed by atoms with Crippen LogP contribution in [0.25, 0.3) is 0 Å². The molecule has 21 heavy (non-hydrogen) atoms. The summed E-state index contributed by atoms with van der Waals surface area (Å²) in [5, 5.41) is 3.35. The Morgan fingerprint density at radius 2 is 1.90 bits per heavy atom. The summed E-state index contributed by atoms with van der Waals surface area (Å²) in [5.41, 5.74) is 0.0376. The molecular weight excluding hydrogens is 337 g/mol. The maximum atomic E-state index is 13.2. The lowest BCUT2D eigenvalue weighted by atomic mass is 10.1. The van der Waals surface area contributed by atoms with Crippen molar-refractivity contribution < 1.29 is 13.5 Å². The average Bonchev–Trinajstić information content (AvgIpc) is 2.85. The third-order valence-corrected chi connectivity index (χ3v) is 3.43. The van der Waals surface area contributed by atoms with E-state index in [2.05, 4.69) is 42.0 Å². The number of nitrogens with one attached hydrogen (secondary N) is 1. The quantitative estimate of drug-likeness (QED) is 0.847. The summed E-state index contributed by atoms with van der Waals surface area (Å²) in [6.07, 6.45) is 0. The van der Waals surface area contributed by atoms with Gasteiger partial charge in [0.25, 0.3) is 0 Å². The molecule has 2 rings (SSSR count). The molecule has 3 nitrogen and oxygen atoms in total. The molecule has 0 fully saturated rings. The highest BCUT2D eigenvalue weighted by Crippen LogP contribution is 2.26. The Labute approximate surface area is 132 Å². The summed E-state index contributed by atoms with van der Waals surface area (Å²) in [5.74, 6) is 1.68. The van der Waals surface area contributed by atoms with Crippen molar-refractivity contribution in [3.8, 4) is 5.75 Å². The Balaban J connectivity index is 1.92. The first kappa shape index (κ1) is 16.0. The molecule has 0 aliphatic carbocycles. The fraction of sp³-hybridized carbons (Fsp3) is 0.375. The predicted molar refractivity (Wildman–Crippen MR) is 83.7 cm³/mol. The number of furan rings is 1. The summed E-state index contributed by atoms with van der Waals surface area (Å²) in [6.45, 7) is 7.22. The van der Waals surface area contributed by atoms with Crippen LogP contribution in [0.15, 0.2) is 39.2 Å². The molecule has 1 N–H and O–H groups in total. The number of hydrogen-bond acceptors (Lipinski definition) is 3. The first-order valence-electron chi connectivity index (χ1n) is 6.74. The zero-order valence-corrected chi connectivity index (χ0v) is 14.0. The largest absolute Gasteiger partial charge is 0.484 e. The molecule has 114 valence electrons. The predicted octanol–water partition coefficient (Wildman–Crippen LogP) is 4.65. The highest BCUT2D eigenvalue weighted by atomic mass is 79.9. The van der Waals surface area contributed by atoms with Gasteiger partial charge in [0.15, 0.2) is 0 Å². The Kier molecular flexibility index (Phi) is 5.06. The number of halogens is 2. The normalized spacial score (nSPS) is 11.7. The van der Waals surface area contributed by atoms with E-state index in [1.165, 1.54) is 12.1 Å². The first-order valence-corrected chi connectivity index (χ1v) is 7.53. The van der Waals surface area contributed by atoms with Crippen LogP contribution in [-0.4, -0.2) is 5.54 Å². The van der Waals surface area contributed by atoms with Gasteiger partial charge in [-0.25, -0.2) is 4.39 Å². The van der Waals surface area contributed by atoms with Gasteiger partial charge in [-0.3, -0.25) is 0 Å². The van der Waals surface area contributed by atoms with Gasteiger partial charge in [0.2, 0.25) is 0 Å². The van der Waals surface area contributed by atoms with Crippen molar-refractivity contribution in [2.45, 2.75) is 39.5 Å². The number of ether oxygens (including phenoxy) is 1. The maximum absolute atomic E-state index is 13.2. The van der Waals surface area contributed by atoms with E-state index in [9.17, 15) is 4.39 Å². The van der Waals surface area contributed by atoms with Gasteiger partial charge in [0, 0.05) is 11.6 Å². The lowest BCUT2D eigenvalue weighted by Crippen LogP contribution is -2.34. The average molecular weight is 356 g/mol. The lowest BCUT2D eigenvalue weighted by Gasteiger charge is -2.19. The maximum Gasteiger partial charge on any atom is 0.146 e. The first-order chi connectivity index (χ1) is 9.83. The van der Waals surface area contributed by atoms with E-state index in [1.54, 1.807) is 6.07 Å². The van der Waals surface area contributed by atoms with Gasteiger partial charge in [0.05, 0.1) is 11.0 Å². The summed E-state index contributed by atoms with van der Waals surface area (Å²) >= 11 is 3.32. The highest BCUT2D eigenvalue weighted by Gasteiger charge is 2.11. The van der Waals surface area contributed by atoms with Crippen LogP contribution in [0.1, 0.15) is 32.3 Å². The molecule has 0 unspecified atom stereocenters. The van der Waals surface area contributed by atoms with E-state index in [4.69, 9.17) is 9.15 Å². The van der Waals surface area contributed by atoms with Crippen molar-refractivity contribution in [1.82, 2.24) is 5.32 Å². The molecule has 0 aliphatic rings. The Morgan fingerprint density at radius 3 is 2.62 bits per heavy atom. The molecule has 2 aromatic rings. The zero-order valence-electron chi connectivity index (χ0n) is 12.4. The van der Waals surface area contributed by atoms with Crippen molar-refractivity contribution in [2.75, 3.05) is 0 Å². The second kappa shape index (κ2) is 6.62. The molecule has 0 saturated carbocycles. The molecular formula is C16H19BrFNO2. The SMILES string of the molecule is CC(C)(C)NCc1ccc(COc2cc(F)ccc2Br)o1. The number of hydrogen-bond donors (Lipinski definition) is 1. The minimum atomic E-state index is -0.331. The van der Waals surface area contributed by atoms with E-state index in [-0.39, 0.29) is 18.0 Å². The summed E-state index contributed by atoms with van der Waals surface area (Å²) in [4.78, 5) is 0. The van der Waals surface area contributed by atoms with E-state index in [0.29, 0.717) is 22.5 Å². The molecule has 0 spiro atoms. The van der Waals surface area contributed by atoms with Gasteiger partial charge < -0.3 is 14.5 Å². The van der Waals surface area contributed by atoms with Gasteiger partial charge in [-0.1, -0.05) is 0 Å². The third-order valence-electron chi connectivity index (χ3n) is 2.77. The minimum absolute atomic E-state index is 0.0376. The molecule has 0 radical (unpaired) electrons. The fourth-order valence-electron chi connectivity index (χ4n) is 1.68. The summed E-state index contributed by atoms with van der Waals surface area (Å²) < 4.78 is 25.1. The zero-order chi connectivity index (χ0) is 15.5. The molecule has 0 aliphatic heterocycles. The Morgan fingerprint density at radius 1 is 1.19 bits per heavy atom. The summed E-state index contributed by atoms with van der Waals surface area (Å²) in [7, 11) is 0. The van der Waals surface area contributed by atoms with E-state index in [1.807, 2.05) is 12.1 Å². The third kappa shape index (κ3) is 5.17. The lowest BCUT2D eigenvalue weighted by molar-refractivity contribution is 0.260. The highest BCUT2D eigenvalue weighted by molar-refractivity contribution is 9.10. The summed E-state index contributed by atoms with van der Waals surface area (Å²) in [6, 6.07) is 8.12. The van der Waals surface area contributed by atoms with Crippen LogP contribution in [0.2, 0.25) is 0 Å². The van der Waals surface area contributed by atoms with Gasteiger partial charge in [0.1, 0.15) is 29.7 Å². The van der Waals surface area contributed by atoms with E-state index >= 15 is 0 Å². The van der Waals surface area contributed by atoms with Crippen LogP contribution >= 0.6 is 15.9 Å². The number of benzene rings is 1. The molecule has 1 aromatic carbocycles. The van der Waals surface area contributed by atoms with Crippen LogP contribution in [0.5, 0.6) is 5.75 Å².